The molecule has 2 N–H and O–H groups in total. The van der Waals surface area contributed by atoms with Crippen molar-refractivity contribution in [3.05, 3.63) is 52.1 Å². The normalized spacial score (nSPS) is 10.3. The summed E-state index contributed by atoms with van der Waals surface area (Å²) in [5.74, 6) is 1.33. The Kier molecular flexibility index (Phi) is 3.76. The van der Waals surface area contributed by atoms with Gasteiger partial charge in [-0.1, -0.05) is 18.2 Å². The van der Waals surface area contributed by atoms with Gasteiger partial charge in [0.05, 0.1) is 4.47 Å². The maximum absolute atomic E-state index is 5.69. The molecule has 0 aliphatic rings. The lowest BCUT2D eigenvalue weighted by atomic mass is 10.2. The summed E-state index contributed by atoms with van der Waals surface area (Å²) < 4.78 is 6.60. The lowest BCUT2D eigenvalue weighted by Crippen LogP contribution is -2.01. The molecule has 0 saturated carbocycles. The smallest absolute Gasteiger partial charge is 0.219 e. The molecule has 17 heavy (non-hydrogen) atoms. The van der Waals surface area contributed by atoms with Crippen molar-refractivity contribution in [2.75, 3.05) is 0 Å². The number of aryl methyl sites for hydroxylation is 1. The number of benzene rings is 1. The van der Waals surface area contributed by atoms with Gasteiger partial charge in [0.15, 0.2) is 0 Å². The van der Waals surface area contributed by atoms with E-state index in [9.17, 15) is 0 Å². The summed E-state index contributed by atoms with van der Waals surface area (Å²) in [6, 6.07) is 11.4. The van der Waals surface area contributed by atoms with E-state index in [-0.39, 0.29) is 0 Å². The van der Waals surface area contributed by atoms with Crippen LogP contribution in [0, 0.1) is 6.92 Å². The van der Waals surface area contributed by atoms with Crippen LogP contribution in [-0.2, 0) is 6.54 Å². The maximum Gasteiger partial charge on any atom is 0.219 e. The number of hydrogen-bond acceptors (Lipinski definition) is 3. The van der Waals surface area contributed by atoms with Crippen LogP contribution >= 0.6 is 15.9 Å². The van der Waals surface area contributed by atoms with Gasteiger partial charge in [-0.3, -0.25) is 0 Å². The van der Waals surface area contributed by atoms with Crippen LogP contribution < -0.4 is 10.5 Å². The fraction of sp³-hybridized carbons (Fsp3) is 0.154. The minimum absolute atomic E-state index is 0.494. The molecule has 2 rings (SSSR count). The largest absolute Gasteiger partial charge is 0.438 e. The lowest BCUT2D eigenvalue weighted by Gasteiger charge is -2.08. The summed E-state index contributed by atoms with van der Waals surface area (Å²) in [6.45, 7) is 2.42. The van der Waals surface area contributed by atoms with Crippen LogP contribution in [0.15, 0.2) is 40.9 Å². The van der Waals surface area contributed by atoms with E-state index in [1.54, 1.807) is 0 Å². The first kappa shape index (κ1) is 12.1. The highest BCUT2D eigenvalue weighted by Crippen LogP contribution is 2.28. The van der Waals surface area contributed by atoms with Crippen LogP contribution in [0.4, 0.5) is 0 Å². The molecule has 0 unspecified atom stereocenters. The summed E-state index contributed by atoms with van der Waals surface area (Å²) in [5, 5.41) is 0. The Morgan fingerprint density at radius 3 is 2.65 bits per heavy atom. The third kappa shape index (κ3) is 2.84. The van der Waals surface area contributed by atoms with Gasteiger partial charge in [-0.25, -0.2) is 4.98 Å². The summed E-state index contributed by atoms with van der Waals surface area (Å²) in [4.78, 5) is 4.36. The number of hydrogen-bond donors (Lipinski definition) is 1. The molecule has 1 aromatic carbocycles. The van der Waals surface area contributed by atoms with Crippen LogP contribution in [0.1, 0.15) is 11.3 Å². The number of aromatic nitrogens is 1. The van der Waals surface area contributed by atoms with E-state index < -0.39 is 0 Å². The Bertz CT molecular complexity index is 529. The molecule has 0 fully saturated rings. The molecular formula is C13H13BrN2O. The zero-order valence-corrected chi connectivity index (χ0v) is 11.1. The number of rotatable bonds is 3. The van der Waals surface area contributed by atoms with E-state index in [0.717, 1.165) is 21.5 Å². The van der Waals surface area contributed by atoms with Crippen molar-refractivity contribution >= 4 is 15.9 Å². The first-order valence-corrected chi connectivity index (χ1v) is 6.09. The minimum atomic E-state index is 0.494. The van der Waals surface area contributed by atoms with Gasteiger partial charge in [-0.05, 0) is 40.5 Å². The number of halogens is 1. The van der Waals surface area contributed by atoms with Gasteiger partial charge >= 0.3 is 0 Å². The first-order chi connectivity index (χ1) is 8.20. The van der Waals surface area contributed by atoms with Gasteiger partial charge in [0.25, 0.3) is 0 Å². The molecule has 4 heteroatoms. The number of para-hydroxylation sites is 1. The number of pyridine rings is 1. The molecule has 0 aliphatic heterocycles. The van der Waals surface area contributed by atoms with E-state index >= 15 is 0 Å². The fourth-order valence-electron chi connectivity index (χ4n) is 1.48. The van der Waals surface area contributed by atoms with E-state index in [1.165, 1.54) is 0 Å². The Labute approximate surface area is 109 Å². The third-order valence-electron chi connectivity index (χ3n) is 2.44. The maximum atomic E-state index is 5.69. The highest BCUT2D eigenvalue weighted by atomic mass is 79.9. The number of ether oxygens (including phenoxy) is 1. The predicted molar refractivity (Wildman–Crippen MR) is 71.1 cm³/mol. The Morgan fingerprint density at radius 2 is 2.00 bits per heavy atom. The Balaban J connectivity index is 2.25. The fourth-order valence-corrected chi connectivity index (χ4v) is 1.85. The van der Waals surface area contributed by atoms with Crippen molar-refractivity contribution in [2.24, 2.45) is 5.73 Å². The summed E-state index contributed by atoms with van der Waals surface area (Å²) >= 11 is 3.43. The topological polar surface area (TPSA) is 48.1 Å². The molecule has 0 bridgehead atoms. The Morgan fingerprint density at radius 1 is 1.24 bits per heavy atom. The molecule has 0 amide bonds. The SMILES string of the molecule is Cc1nc(Oc2ccccc2Br)ccc1CN. The van der Waals surface area contributed by atoms with E-state index in [1.807, 2.05) is 43.3 Å². The van der Waals surface area contributed by atoms with Gasteiger partial charge in [0, 0.05) is 18.3 Å². The Hall–Kier alpha value is -1.39. The summed E-state index contributed by atoms with van der Waals surface area (Å²) in [7, 11) is 0. The highest BCUT2D eigenvalue weighted by Gasteiger charge is 2.04. The number of nitrogens with two attached hydrogens (primary N) is 1. The van der Waals surface area contributed by atoms with Crippen molar-refractivity contribution in [3.8, 4) is 11.6 Å². The molecular weight excluding hydrogens is 280 g/mol. The van der Waals surface area contributed by atoms with Crippen molar-refractivity contribution in [1.29, 1.82) is 0 Å². The zero-order chi connectivity index (χ0) is 12.3. The van der Waals surface area contributed by atoms with Crippen LogP contribution in [0.3, 0.4) is 0 Å². The molecule has 2 aromatic rings. The first-order valence-electron chi connectivity index (χ1n) is 5.29. The molecule has 0 atom stereocenters. The van der Waals surface area contributed by atoms with Crippen LogP contribution in [0.2, 0.25) is 0 Å². The zero-order valence-electron chi connectivity index (χ0n) is 9.48. The molecule has 1 aromatic heterocycles. The molecule has 3 nitrogen and oxygen atoms in total. The van der Waals surface area contributed by atoms with Crippen molar-refractivity contribution in [1.82, 2.24) is 4.98 Å². The quantitative estimate of drug-likeness (QED) is 0.943. The van der Waals surface area contributed by atoms with Crippen LogP contribution in [0.5, 0.6) is 11.6 Å². The molecule has 1 heterocycles. The number of nitrogens with zero attached hydrogens (tertiary/aromatic N) is 1. The van der Waals surface area contributed by atoms with Gasteiger partial charge in [-0.2, -0.15) is 0 Å². The van der Waals surface area contributed by atoms with Crippen molar-refractivity contribution in [3.63, 3.8) is 0 Å². The van der Waals surface area contributed by atoms with Crippen LogP contribution in [0.25, 0.3) is 0 Å². The van der Waals surface area contributed by atoms with Gasteiger partial charge in [-0.15, -0.1) is 0 Å². The molecule has 0 radical (unpaired) electrons. The van der Waals surface area contributed by atoms with Gasteiger partial charge < -0.3 is 10.5 Å². The van der Waals surface area contributed by atoms with Crippen molar-refractivity contribution in [2.45, 2.75) is 13.5 Å². The molecule has 0 saturated heterocycles. The van der Waals surface area contributed by atoms with Crippen molar-refractivity contribution < 1.29 is 4.74 Å². The second-order valence-electron chi connectivity index (χ2n) is 3.63. The van der Waals surface area contributed by atoms with Crippen LogP contribution in [-0.4, -0.2) is 4.98 Å². The van der Waals surface area contributed by atoms with Gasteiger partial charge in [0.2, 0.25) is 5.88 Å². The third-order valence-corrected chi connectivity index (χ3v) is 3.10. The van der Waals surface area contributed by atoms with E-state index in [4.69, 9.17) is 10.5 Å². The predicted octanol–water partition coefficient (Wildman–Crippen LogP) is 3.40. The summed E-state index contributed by atoms with van der Waals surface area (Å²) in [5.41, 5.74) is 7.52. The standard InChI is InChI=1S/C13H13BrN2O/c1-9-10(8-15)6-7-13(16-9)17-12-5-3-2-4-11(12)14/h2-7H,8,15H2,1H3. The molecule has 0 spiro atoms. The average molecular weight is 293 g/mol. The second kappa shape index (κ2) is 5.29. The minimum Gasteiger partial charge on any atom is -0.438 e. The lowest BCUT2D eigenvalue weighted by molar-refractivity contribution is 0.458. The van der Waals surface area contributed by atoms with Gasteiger partial charge in [0.1, 0.15) is 5.75 Å². The average Bonchev–Trinajstić information content (AvgIpc) is 2.32. The highest BCUT2D eigenvalue weighted by molar-refractivity contribution is 9.10. The van der Waals surface area contributed by atoms with E-state index in [2.05, 4.69) is 20.9 Å². The summed E-state index contributed by atoms with van der Waals surface area (Å²) in [6.07, 6.45) is 0. The second-order valence-corrected chi connectivity index (χ2v) is 4.48. The monoisotopic (exact) mass is 292 g/mol. The van der Waals surface area contributed by atoms with E-state index in [0.29, 0.717) is 12.4 Å². The molecule has 0 aliphatic carbocycles. The molecule has 88 valence electrons.